The molecule has 1 aromatic rings. The molecule has 0 heterocycles. The molecule has 1 aromatic carbocycles. The topological polar surface area (TPSA) is 74.8 Å². The minimum Gasteiger partial charge on any atom is -0.489 e. The fraction of sp³-hybridized carbons (Fsp3) is 0.556. The van der Waals surface area contributed by atoms with E-state index in [9.17, 15) is 9.18 Å². The summed E-state index contributed by atoms with van der Waals surface area (Å²) in [4.78, 5) is 15.7. The summed E-state index contributed by atoms with van der Waals surface area (Å²) in [5.41, 5.74) is 0. The summed E-state index contributed by atoms with van der Waals surface area (Å²) in [6.45, 7) is 3.09. The van der Waals surface area contributed by atoms with Crippen LogP contribution in [-0.4, -0.2) is 44.1 Å². The highest BCUT2D eigenvalue weighted by atomic mass is 19.1. The second-order valence-corrected chi connectivity index (χ2v) is 6.21. The van der Waals surface area contributed by atoms with Gasteiger partial charge in [0.25, 0.3) is 0 Å². The van der Waals surface area contributed by atoms with E-state index in [0.717, 1.165) is 19.3 Å². The standard InChI is InChI=1S/C18H27FN4O2/c1-13(25-16-6-3-5-14(19)11-16)12-22-18(20-2)21-10-4-7-17(24)23-15-8-9-15/h3,5-6,11,13,15H,4,7-10,12H2,1-2H3,(H,23,24)(H2,20,21,22). The quantitative estimate of drug-likeness (QED) is 0.361. The van der Waals surface area contributed by atoms with Crippen molar-refractivity contribution in [1.29, 1.82) is 0 Å². The molecule has 0 radical (unpaired) electrons. The Morgan fingerprint density at radius 3 is 2.88 bits per heavy atom. The van der Waals surface area contributed by atoms with E-state index in [1.807, 2.05) is 6.92 Å². The van der Waals surface area contributed by atoms with Crippen molar-refractivity contribution in [2.75, 3.05) is 20.1 Å². The third-order valence-corrected chi connectivity index (χ3v) is 3.73. The number of amides is 1. The highest BCUT2D eigenvalue weighted by Crippen LogP contribution is 2.18. The lowest BCUT2D eigenvalue weighted by Crippen LogP contribution is -2.42. The fourth-order valence-corrected chi connectivity index (χ4v) is 2.26. The molecule has 7 heteroatoms. The smallest absolute Gasteiger partial charge is 0.220 e. The molecule has 6 nitrogen and oxygen atoms in total. The first-order chi connectivity index (χ1) is 12.1. The van der Waals surface area contributed by atoms with E-state index < -0.39 is 0 Å². The monoisotopic (exact) mass is 350 g/mol. The van der Waals surface area contributed by atoms with Gasteiger partial charge in [-0.1, -0.05) is 6.07 Å². The van der Waals surface area contributed by atoms with Gasteiger partial charge in [-0.25, -0.2) is 4.39 Å². The number of nitrogens with zero attached hydrogens (tertiary/aromatic N) is 1. The molecule has 1 amide bonds. The molecule has 1 fully saturated rings. The fourth-order valence-electron chi connectivity index (χ4n) is 2.26. The van der Waals surface area contributed by atoms with Crippen molar-refractivity contribution in [2.45, 2.75) is 44.8 Å². The van der Waals surface area contributed by atoms with Gasteiger partial charge in [-0.3, -0.25) is 9.79 Å². The second-order valence-electron chi connectivity index (χ2n) is 6.21. The van der Waals surface area contributed by atoms with E-state index >= 15 is 0 Å². The van der Waals surface area contributed by atoms with Crippen LogP contribution in [0.4, 0.5) is 4.39 Å². The Kier molecular flexibility index (Phi) is 7.50. The number of carbonyl (C=O) groups is 1. The largest absolute Gasteiger partial charge is 0.489 e. The summed E-state index contributed by atoms with van der Waals surface area (Å²) < 4.78 is 18.8. The van der Waals surface area contributed by atoms with Crippen LogP contribution in [0.5, 0.6) is 5.75 Å². The summed E-state index contributed by atoms with van der Waals surface area (Å²) in [5, 5.41) is 9.29. The molecule has 2 rings (SSSR count). The van der Waals surface area contributed by atoms with E-state index in [1.165, 1.54) is 12.1 Å². The van der Waals surface area contributed by atoms with Crippen molar-refractivity contribution in [3.63, 3.8) is 0 Å². The Morgan fingerprint density at radius 1 is 1.40 bits per heavy atom. The molecular formula is C18H27FN4O2. The first-order valence-corrected chi connectivity index (χ1v) is 8.73. The maximum absolute atomic E-state index is 13.1. The van der Waals surface area contributed by atoms with Crippen molar-refractivity contribution >= 4 is 11.9 Å². The van der Waals surface area contributed by atoms with Gasteiger partial charge in [0, 0.05) is 32.1 Å². The lowest BCUT2D eigenvalue weighted by Gasteiger charge is -2.17. The minimum absolute atomic E-state index is 0.115. The van der Waals surface area contributed by atoms with Crippen LogP contribution < -0.4 is 20.7 Å². The Bertz CT molecular complexity index is 590. The summed E-state index contributed by atoms with van der Waals surface area (Å²) >= 11 is 0. The number of aliphatic imine (C=N–C) groups is 1. The van der Waals surface area contributed by atoms with Crippen molar-refractivity contribution in [3.05, 3.63) is 30.1 Å². The number of halogens is 1. The van der Waals surface area contributed by atoms with Crippen molar-refractivity contribution < 1.29 is 13.9 Å². The molecule has 1 aliphatic rings. The van der Waals surface area contributed by atoms with Crippen LogP contribution in [0.3, 0.4) is 0 Å². The minimum atomic E-state index is -0.319. The lowest BCUT2D eigenvalue weighted by atomic mass is 10.3. The van der Waals surface area contributed by atoms with E-state index in [2.05, 4.69) is 20.9 Å². The molecule has 3 N–H and O–H groups in total. The Hall–Kier alpha value is -2.31. The number of carbonyl (C=O) groups excluding carboxylic acids is 1. The highest BCUT2D eigenvalue weighted by molar-refractivity contribution is 5.80. The van der Waals surface area contributed by atoms with E-state index in [4.69, 9.17) is 4.74 Å². The number of rotatable bonds is 9. The molecule has 1 saturated carbocycles. The molecule has 25 heavy (non-hydrogen) atoms. The third kappa shape index (κ3) is 7.87. The summed E-state index contributed by atoms with van der Waals surface area (Å²) in [5.74, 6) is 0.946. The molecule has 0 aliphatic heterocycles. The highest BCUT2D eigenvalue weighted by Gasteiger charge is 2.22. The Morgan fingerprint density at radius 2 is 2.20 bits per heavy atom. The van der Waals surface area contributed by atoms with Gasteiger partial charge in [-0.05, 0) is 38.3 Å². The lowest BCUT2D eigenvalue weighted by molar-refractivity contribution is -0.121. The first kappa shape index (κ1) is 19.0. The number of nitrogens with one attached hydrogen (secondary N) is 3. The molecule has 0 bridgehead atoms. The molecule has 1 atom stereocenters. The van der Waals surface area contributed by atoms with Crippen LogP contribution in [0.25, 0.3) is 0 Å². The zero-order valence-corrected chi connectivity index (χ0v) is 14.8. The summed E-state index contributed by atoms with van der Waals surface area (Å²) in [6, 6.07) is 6.49. The van der Waals surface area contributed by atoms with Gasteiger partial charge < -0.3 is 20.7 Å². The van der Waals surface area contributed by atoms with Crippen LogP contribution in [0, 0.1) is 5.82 Å². The van der Waals surface area contributed by atoms with Gasteiger partial charge in [-0.2, -0.15) is 0 Å². The zero-order valence-electron chi connectivity index (χ0n) is 14.8. The predicted octanol–water partition coefficient (Wildman–Crippen LogP) is 1.82. The average Bonchev–Trinajstić information content (AvgIpc) is 3.38. The molecular weight excluding hydrogens is 323 g/mol. The zero-order chi connectivity index (χ0) is 18.1. The van der Waals surface area contributed by atoms with Gasteiger partial charge in [0.2, 0.25) is 5.91 Å². The van der Waals surface area contributed by atoms with Crippen molar-refractivity contribution in [1.82, 2.24) is 16.0 Å². The van der Waals surface area contributed by atoms with Crippen LogP contribution in [0.15, 0.2) is 29.3 Å². The maximum Gasteiger partial charge on any atom is 0.220 e. The van der Waals surface area contributed by atoms with Gasteiger partial charge >= 0.3 is 0 Å². The number of benzene rings is 1. The van der Waals surface area contributed by atoms with Gasteiger partial charge in [0.1, 0.15) is 17.7 Å². The van der Waals surface area contributed by atoms with E-state index in [-0.39, 0.29) is 17.8 Å². The normalized spacial score (nSPS) is 15.4. The molecule has 0 spiro atoms. The molecule has 1 unspecified atom stereocenters. The molecule has 0 saturated heterocycles. The van der Waals surface area contributed by atoms with Crippen LogP contribution in [0.1, 0.15) is 32.6 Å². The number of hydrogen-bond acceptors (Lipinski definition) is 3. The predicted molar refractivity (Wildman–Crippen MR) is 96.3 cm³/mol. The maximum atomic E-state index is 13.1. The average molecular weight is 350 g/mol. The van der Waals surface area contributed by atoms with Gasteiger partial charge in [0.05, 0.1) is 6.54 Å². The molecule has 1 aliphatic carbocycles. The van der Waals surface area contributed by atoms with E-state index in [1.54, 1.807) is 19.2 Å². The Labute approximate surface area is 148 Å². The SMILES string of the molecule is CN=C(NCCCC(=O)NC1CC1)NCC(C)Oc1cccc(F)c1. The summed E-state index contributed by atoms with van der Waals surface area (Å²) in [7, 11) is 1.69. The molecule has 138 valence electrons. The number of ether oxygens (including phenoxy) is 1. The third-order valence-electron chi connectivity index (χ3n) is 3.73. The Balaban J connectivity index is 1.59. The first-order valence-electron chi connectivity index (χ1n) is 8.73. The van der Waals surface area contributed by atoms with Gasteiger partial charge in [0.15, 0.2) is 5.96 Å². The number of hydrogen-bond donors (Lipinski definition) is 3. The second kappa shape index (κ2) is 9.86. The van der Waals surface area contributed by atoms with E-state index in [0.29, 0.717) is 37.3 Å². The summed E-state index contributed by atoms with van der Waals surface area (Å²) in [6.07, 6.45) is 3.32. The molecule has 0 aromatic heterocycles. The van der Waals surface area contributed by atoms with Crippen LogP contribution in [-0.2, 0) is 4.79 Å². The van der Waals surface area contributed by atoms with Crippen molar-refractivity contribution in [3.8, 4) is 5.75 Å². The van der Waals surface area contributed by atoms with Crippen LogP contribution in [0.2, 0.25) is 0 Å². The van der Waals surface area contributed by atoms with Crippen LogP contribution >= 0.6 is 0 Å². The van der Waals surface area contributed by atoms with Crippen molar-refractivity contribution in [2.24, 2.45) is 4.99 Å². The number of guanidine groups is 1. The van der Waals surface area contributed by atoms with Gasteiger partial charge in [-0.15, -0.1) is 0 Å².